The standard InChI is InChI=1S/C23H21ClN2O5/c24-25-21(23(28)30-15-17-4-2-1-3-5-17)14-16-6-10-19(11-7-16)31-20-12-8-18(9-13-20)22(27)26-29/h1-13,21,25,29H,14-15H2,(H,26,27)/t21-/m0/s1. The molecule has 0 aliphatic rings. The second-order valence-electron chi connectivity index (χ2n) is 6.67. The largest absolute Gasteiger partial charge is 0.460 e. The smallest absolute Gasteiger partial charge is 0.325 e. The Kier molecular flexibility index (Phi) is 8.00. The molecule has 0 aliphatic heterocycles. The third-order valence-corrected chi connectivity index (χ3v) is 4.72. The van der Waals surface area contributed by atoms with Crippen LogP contribution in [0.1, 0.15) is 21.5 Å². The van der Waals surface area contributed by atoms with Gasteiger partial charge in [0.1, 0.15) is 24.1 Å². The predicted molar refractivity (Wildman–Crippen MR) is 115 cm³/mol. The van der Waals surface area contributed by atoms with Crippen LogP contribution in [0.15, 0.2) is 78.9 Å². The molecule has 0 heterocycles. The van der Waals surface area contributed by atoms with E-state index in [1.54, 1.807) is 29.7 Å². The Labute approximate surface area is 184 Å². The van der Waals surface area contributed by atoms with E-state index in [1.165, 1.54) is 12.1 Å². The van der Waals surface area contributed by atoms with Gasteiger partial charge in [-0.2, -0.15) is 0 Å². The van der Waals surface area contributed by atoms with Gasteiger partial charge >= 0.3 is 5.97 Å². The number of hydroxylamine groups is 1. The van der Waals surface area contributed by atoms with E-state index >= 15 is 0 Å². The van der Waals surface area contributed by atoms with Crippen molar-refractivity contribution in [3.8, 4) is 11.5 Å². The number of benzene rings is 3. The average molecular weight is 441 g/mol. The number of esters is 1. The number of ether oxygens (including phenoxy) is 2. The van der Waals surface area contributed by atoms with E-state index in [0.29, 0.717) is 23.5 Å². The van der Waals surface area contributed by atoms with E-state index in [-0.39, 0.29) is 6.61 Å². The number of carbonyl (C=O) groups is 2. The SMILES string of the molecule is O=C(NO)c1ccc(Oc2ccc(C[C@H](NCl)C(=O)OCc3ccccc3)cc2)cc1. The molecule has 3 N–H and O–H groups in total. The Bertz CT molecular complexity index is 995. The van der Waals surface area contributed by atoms with Gasteiger partial charge in [0, 0.05) is 5.56 Å². The van der Waals surface area contributed by atoms with Crippen molar-refractivity contribution in [1.82, 2.24) is 10.3 Å². The van der Waals surface area contributed by atoms with Gasteiger partial charge in [-0.15, -0.1) is 0 Å². The monoisotopic (exact) mass is 440 g/mol. The summed E-state index contributed by atoms with van der Waals surface area (Å²) in [6.07, 6.45) is 0.350. The van der Waals surface area contributed by atoms with E-state index in [1.807, 2.05) is 42.5 Å². The van der Waals surface area contributed by atoms with Crippen LogP contribution < -0.4 is 15.1 Å². The van der Waals surface area contributed by atoms with Crippen molar-refractivity contribution in [2.75, 3.05) is 0 Å². The predicted octanol–water partition coefficient (Wildman–Crippen LogP) is 4.00. The van der Waals surface area contributed by atoms with Gasteiger partial charge in [-0.1, -0.05) is 42.5 Å². The van der Waals surface area contributed by atoms with Gasteiger partial charge in [-0.25, -0.2) is 10.3 Å². The van der Waals surface area contributed by atoms with Crippen molar-refractivity contribution >= 4 is 23.7 Å². The maximum atomic E-state index is 12.3. The quantitative estimate of drug-likeness (QED) is 0.201. The molecular formula is C23H21ClN2O5. The molecular weight excluding hydrogens is 420 g/mol. The number of amides is 1. The van der Waals surface area contributed by atoms with Crippen LogP contribution in [0.25, 0.3) is 0 Å². The summed E-state index contributed by atoms with van der Waals surface area (Å²) in [5.41, 5.74) is 3.65. The second-order valence-corrected chi connectivity index (χ2v) is 6.89. The molecule has 8 heteroatoms. The summed E-state index contributed by atoms with van der Waals surface area (Å²) in [7, 11) is 0. The molecule has 160 valence electrons. The number of hydrogen-bond acceptors (Lipinski definition) is 6. The molecule has 3 aromatic rings. The Morgan fingerprint density at radius 2 is 1.48 bits per heavy atom. The van der Waals surface area contributed by atoms with E-state index < -0.39 is 17.9 Å². The highest BCUT2D eigenvalue weighted by atomic mass is 35.5. The molecule has 0 aliphatic carbocycles. The van der Waals surface area contributed by atoms with Gasteiger partial charge in [0.15, 0.2) is 0 Å². The van der Waals surface area contributed by atoms with Crippen molar-refractivity contribution in [2.45, 2.75) is 19.1 Å². The lowest BCUT2D eigenvalue weighted by Gasteiger charge is -2.14. The molecule has 0 unspecified atom stereocenters. The number of rotatable bonds is 9. The molecule has 1 amide bonds. The fourth-order valence-corrected chi connectivity index (χ4v) is 2.97. The van der Waals surface area contributed by atoms with E-state index in [9.17, 15) is 9.59 Å². The molecule has 3 aromatic carbocycles. The van der Waals surface area contributed by atoms with Crippen molar-refractivity contribution in [3.05, 3.63) is 95.6 Å². The van der Waals surface area contributed by atoms with Gasteiger partial charge in [0.25, 0.3) is 5.91 Å². The Hall–Kier alpha value is -3.39. The van der Waals surface area contributed by atoms with Crippen LogP contribution in [0.2, 0.25) is 0 Å². The molecule has 7 nitrogen and oxygen atoms in total. The first-order chi connectivity index (χ1) is 15.1. The summed E-state index contributed by atoms with van der Waals surface area (Å²) in [4.78, 5) is 26.1. The molecule has 31 heavy (non-hydrogen) atoms. The number of carbonyl (C=O) groups excluding carboxylic acids is 2. The molecule has 0 saturated heterocycles. The van der Waals surface area contributed by atoms with E-state index in [4.69, 9.17) is 26.5 Å². The summed E-state index contributed by atoms with van der Waals surface area (Å²) in [6, 6.07) is 22.2. The van der Waals surface area contributed by atoms with Crippen LogP contribution in [-0.2, 0) is 22.6 Å². The topological polar surface area (TPSA) is 96.9 Å². The van der Waals surface area contributed by atoms with E-state index in [2.05, 4.69) is 4.84 Å². The molecule has 0 radical (unpaired) electrons. The molecule has 0 fully saturated rings. The first kappa shape index (κ1) is 22.3. The summed E-state index contributed by atoms with van der Waals surface area (Å²) < 4.78 is 11.1. The van der Waals surface area contributed by atoms with Crippen LogP contribution in [0.5, 0.6) is 11.5 Å². The van der Waals surface area contributed by atoms with Gasteiger partial charge in [0.2, 0.25) is 0 Å². The molecule has 1 atom stereocenters. The zero-order valence-electron chi connectivity index (χ0n) is 16.5. The Morgan fingerprint density at radius 3 is 2.06 bits per heavy atom. The van der Waals surface area contributed by atoms with Crippen LogP contribution >= 0.6 is 11.8 Å². The lowest BCUT2D eigenvalue weighted by atomic mass is 10.1. The molecule has 0 aromatic heterocycles. The van der Waals surface area contributed by atoms with Crippen molar-refractivity contribution in [1.29, 1.82) is 0 Å². The molecule has 3 rings (SSSR count). The molecule has 0 spiro atoms. The number of halogens is 1. The summed E-state index contributed by atoms with van der Waals surface area (Å²) in [5.74, 6) is 0.0871. The van der Waals surface area contributed by atoms with Crippen LogP contribution in [0.4, 0.5) is 0 Å². The second kappa shape index (κ2) is 11.1. The highest BCUT2D eigenvalue weighted by Crippen LogP contribution is 2.22. The van der Waals surface area contributed by atoms with Crippen LogP contribution in [0, 0.1) is 0 Å². The fraction of sp³-hybridized carbons (Fsp3) is 0.130. The van der Waals surface area contributed by atoms with Crippen LogP contribution in [0.3, 0.4) is 0 Å². The zero-order chi connectivity index (χ0) is 22.1. The highest BCUT2D eigenvalue weighted by molar-refractivity contribution is 6.14. The first-order valence-electron chi connectivity index (χ1n) is 9.47. The molecule has 0 bridgehead atoms. The van der Waals surface area contributed by atoms with Crippen LogP contribution in [-0.4, -0.2) is 23.1 Å². The lowest BCUT2D eigenvalue weighted by molar-refractivity contribution is -0.146. The van der Waals surface area contributed by atoms with Gasteiger partial charge in [-0.05, 0) is 65.7 Å². The maximum absolute atomic E-state index is 12.3. The Morgan fingerprint density at radius 1 is 0.871 bits per heavy atom. The third-order valence-electron chi connectivity index (χ3n) is 4.46. The van der Waals surface area contributed by atoms with Gasteiger partial charge < -0.3 is 9.47 Å². The van der Waals surface area contributed by atoms with Gasteiger partial charge in [-0.3, -0.25) is 14.8 Å². The highest BCUT2D eigenvalue weighted by Gasteiger charge is 2.19. The number of hydrogen-bond donors (Lipinski definition) is 3. The summed E-state index contributed by atoms with van der Waals surface area (Å²) in [6.45, 7) is 0.181. The minimum atomic E-state index is -0.692. The minimum absolute atomic E-state index is 0.181. The summed E-state index contributed by atoms with van der Waals surface area (Å²) >= 11 is 5.76. The first-order valence-corrected chi connectivity index (χ1v) is 9.85. The number of nitrogens with one attached hydrogen (secondary N) is 2. The lowest BCUT2D eigenvalue weighted by Crippen LogP contribution is -2.34. The van der Waals surface area contributed by atoms with Crippen molar-refractivity contribution in [3.63, 3.8) is 0 Å². The Balaban J connectivity index is 1.54. The zero-order valence-corrected chi connectivity index (χ0v) is 17.2. The third kappa shape index (κ3) is 6.55. The van der Waals surface area contributed by atoms with E-state index in [0.717, 1.165) is 11.1 Å². The normalized spacial score (nSPS) is 11.4. The van der Waals surface area contributed by atoms with Crippen molar-refractivity contribution < 1.29 is 24.3 Å². The summed E-state index contributed by atoms with van der Waals surface area (Å²) in [5, 5.41) is 8.64. The minimum Gasteiger partial charge on any atom is -0.460 e. The maximum Gasteiger partial charge on any atom is 0.325 e. The average Bonchev–Trinajstić information content (AvgIpc) is 2.82. The van der Waals surface area contributed by atoms with Gasteiger partial charge in [0.05, 0.1) is 0 Å². The molecule has 0 saturated carbocycles. The van der Waals surface area contributed by atoms with Crippen molar-refractivity contribution in [2.24, 2.45) is 0 Å². The fourth-order valence-electron chi connectivity index (χ4n) is 2.80.